The number of carbonyl (C=O) groups is 1. The molecule has 0 spiro atoms. The minimum absolute atomic E-state index is 0.171. The predicted octanol–water partition coefficient (Wildman–Crippen LogP) is 2.16. The lowest BCUT2D eigenvalue weighted by Crippen LogP contribution is -2.24. The molecule has 0 fully saturated rings. The van der Waals surface area contributed by atoms with E-state index in [0.717, 1.165) is 11.3 Å². The maximum atomic E-state index is 12.6. The van der Waals surface area contributed by atoms with Gasteiger partial charge in [-0.3, -0.25) is 4.79 Å². The smallest absolute Gasteiger partial charge is 0.255 e. The summed E-state index contributed by atoms with van der Waals surface area (Å²) in [5.41, 5.74) is 2.29. The Morgan fingerprint density at radius 1 is 1.24 bits per heavy atom. The maximum absolute atomic E-state index is 12.6. The van der Waals surface area contributed by atoms with Crippen LogP contribution in [0.15, 0.2) is 48.9 Å². The van der Waals surface area contributed by atoms with Gasteiger partial charge in [0, 0.05) is 25.0 Å². The summed E-state index contributed by atoms with van der Waals surface area (Å²) in [7, 11) is 1.56. The van der Waals surface area contributed by atoms with E-state index in [1.54, 1.807) is 36.4 Å². The second kappa shape index (κ2) is 7.57. The van der Waals surface area contributed by atoms with Gasteiger partial charge in [0.15, 0.2) is 5.82 Å². The van der Waals surface area contributed by atoms with Gasteiger partial charge in [-0.25, -0.2) is 14.6 Å². The average molecular weight is 337 g/mol. The molecule has 0 aromatic carbocycles. The first-order valence-electron chi connectivity index (χ1n) is 7.98. The number of nitrogens with one attached hydrogen (secondary N) is 1. The second-order valence-electron chi connectivity index (χ2n) is 5.35. The van der Waals surface area contributed by atoms with Crippen LogP contribution in [0.3, 0.4) is 0 Å². The van der Waals surface area contributed by atoms with Gasteiger partial charge in [0.2, 0.25) is 5.88 Å². The largest absolute Gasteiger partial charge is 0.481 e. The lowest BCUT2D eigenvalue weighted by molar-refractivity contribution is 0.0950. The van der Waals surface area contributed by atoms with Crippen molar-refractivity contribution in [3.05, 3.63) is 65.7 Å². The molecule has 3 heterocycles. The summed E-state index contributed by atoms with van der Waals surface area (Å²) in [6.07, 6.45) is 5.60. The molecule has 7 nitrogen and oxygen atoms in total. The first kappa shape index (κ1) is 16.6. The zero-order valence-corrected chi connectivity index (χ0v) is 14.1. The van der Waals surface area contributed by atoms with Gasteiger partial charge in [-0.1, -0.05) is 13.0 Å². The Bertz CT molecular complexity index is 861. The molecule has 0 radical (unpaired) electrons. The molecule has 0 bridgehead atoms. The first-order chi connectivity index (χ1) is 12.2. The first-order valence-corrected chi connectivity index (χ1v) is 7.98. The van der Waals surface area contributed by atoms with Crippen molar-refractivity contribution in [1.82, 2.24) is 25.1 Å². The SMILES string of the molecule is CCc1c(C(=O)NCc2ccnc(OC)c2)cnn1-c1ccccn1. The summed E-state index contributed by atoms with van der Waals surface area (Å²) in [6, 6.07) is 9.21. The fourth-order valence-corrected chi connectivity index (χ4v) is 2.53. The van der Waals surface area contributed by atoms with Crippen molar-refractivity contribution in [2.24, 2.45) is 0 Å². The predicted molar refractivity (Wildman–Crippen MR) is 92.7 cm³/mol. The molecule has 0 aliphatic heterocycles. The minimum Gasteiger partial charge on any atom is -0.481 e. The fourth-order valence-electron chi connectivity index (χ4n) is 2.53. The molecule has 0 unspecified atom stereocenters. The Hall–Kier alpha value is -3.22. The molecule has 1 N–H and O–H groups in total. The second-order valence-corrected chi connectivity index (χ2v) is 5.35. The van der Waals surface area contributed by atoms with Gasteiger partial charge in [-0.05, 0) is 30.2 Å². The van der Waals surface area contributed by atoms with Crippen LogP contribution in [-0.2, 0) is 13.0 Å². The molecule has 25 heavy (non-hydrogen) atoms. The van der Waals surface area contributed by atoms with Crippen molar-refractivity contribution in [2.45, 2.75) is 19.9 Å². The normalized spacial score (nSPS) is 10.5. The Labute approximate surface area is 145 Å². The highest BCUT2D eigenvalue weighted by Crippen LogP contribution is 2.15. The van der Waals surface area contributed by atoms with Crippen molar-refractivity contribution >= 4 is 5.91 Å². The molecule has 0 aliphatic carbocycles. The number of pyridine rings is 2. The van der Waals surface area contributed by atoms with Gasteiger partial charge in [-0.2, -0.15) is 5.10 Å². The number of hydrogen-bond donors (Lipinski definition) is 1. The van der Waals surface area contributed by atoms with Crippen LogP contribution >= 0.6 is 0 Å². The van der Waals surface area contributed by atoms with Crippen LogP contribution < -0.4 is 10.1 Å². The molecule has 3 aromatic rings. The van der Waals surface area contributed by atoms with Crippen LogP contribution in [0.4, 0.5) is 0 Å². The summed E-state index contributed by atoms with van der Waals surface area (Å²) in [6.45, 7) is 2.37. The molecule has 0 saturated heterocycles. The monoisotopic (exact) mass is 337 g/mol. The summed E-state index contributed by atoms with van der Waals surface area (Å²) in [5.74, 6) is 1.04. The molecule has 1 amide bonds. The van der Waals surface area contributed by atoms with Gasteiger partial charge in [0.1, 0.15) is 0 Å². The van der Waals surface area contributed by atoms with Crippen LogP contribution in [0, 0.1) is 0 Å². The Morgan fingerprint density at radius 2 is 2.12 bits per heavy atom. The summed E-state index contributed by atoms with van der Waals surface area (Å²) in [4.78, 5) is 20.9. The number of ether oxygens (including phenoxy) is 1. The number of methoxy groups -OCH3 is 1. The molecule has 128 valence electrons. The van der Waals surface area contributed by atoms with Crippen LogP contribution in [0.5, 0.6) is 5.88 Å². The highest BCUT2D eigenvalue weighted by molar-refractivity contribution is 5.95. The third-order valence-corrected chi connectivity index (χ3v) is 3.78. The lowest BCUT2D eigenvalue weighted by atomic mass is 10.2. The number of aromatic nitrogens is 4. The third kappa shape index (κ3) is 3.65. The molecule has 0 atom stereocenters. The van der Waals surface area contributed by atoms with Crippen molar-refractivity contribution in [1.29, 1.82) is 0 Å². The highest BCUT2D eigenvalue weighted by Gasteiger charge is 2.17. The topological polar surface area (TPSA) is 81.9 Å². The number of carbonyl (C=O) groups excluding carboxylic acids is 1. The molecule has 3 aromatic heterocycles. The van der Waals surface area contributed by atoms with Crippen LogP contribution in [0.1, 0.15) is 28.5 Å². The van der Waals surface area contributed by atoms with E-state index < -0.39 is 0 Å². The van der Waals surface area contributed by atoms with E-state index in [1.165, 1.54) is 0 Å². The summed E-state index contributed by atoms with van der Waals surface area (Å²) < 4.78 is 6.79. The fraction of sp³-hybridized carbons (Fsp3) is 0.222. The molecule has 7 heteroatoms. The Kier molecular flexibility index (Phi) is 5.03. The van der Waals surface area contributed by atoms with Crippen LogP contribution in [0.25, 0.3) is 5.82 Å². The highest BCUT2D eigenvalue weighted by atomic mass is 16.5. The van der Waals surface area contributed by atoms with E-state index >= 15 is 0 Å². The maximum Gasteiger partial charge on any atom is 0.255 e. The molecular formula is C18H19N5O2. The molecule has 0 saturated carbocycles. The number of amides is 1. The molecule has 3 rings (SSSR count). The average Bonchev–Trinajstić information content (AvgIpc) is 3.11. The Balaban J connectivity index is 1.77. The summed E-state index contributed by atoms with van der Waals surface area (Å²) in [5, 5.41) is 7.23. The van der Waals surface area contributed by atoms with Crippen molar-refractivity contribution in [3.8, 4) is 11.7 Å². The number of rotatable bonds is 6. The van der Waals surface area contributed by atoms with Crippen molar-refractivity contribution in [2.75, 3.05) is 7.11 Å². The van der Waals surface area contributed by atoms with Gasteiger partial charge < -0.3 is 10.1 Å². The van der Waals surface area contributed by atoms with E-state index in [9.17, 15) is 4.79 Å². The lowest BCUT2D eigenvalue weighted by Gasteiger charge is -2.08. The van der Waals surface area contributed by atoms with E-state index in [0.29, 0.717) is 30.2 Å². The van der Waals surface area contributed by atoms with Crippen LogP contribution in [0.2, 0.25) is 0 Å². The molecular weight excluding hydrogens is 318 g/mol. The zero-order chi connectivity index (χ0) is 17.6. The molecule has 0 aliphatic rings. The van der Waals surface area contributed by atoms with Crippen molar-refractivity contribution in [3.63, 3.8) is 0 Å². The van der Waals surface area contributed by atoms with Crippen molar-refractivity contribution < 1.29 is 9.53 Å². The van der Waals surface area contributed by atoms with E-state index in [-0.39, 0.29) is 5.91 Å². The van der Waals surface area contributed by atoms with Gasteiger partial charge in [0.05, 0.1) is 24.6 Å². The zero-order valence-electron chi connectivity index (χ0n) is 14.1. The Morgan fingerprint density at radius 3 is 2.84 bits per heavy atom. The van der Waals surface area contributed by atoms with E-state index in [2.05, 4.69) is 20.4 Å². The van der Waals surface area contributed by atoms with Crippen LogP contribution in [-0.4, -0.2) is 32.8 Å². The summed E-state index contributed by atoms with van der Waals surface area (Å²) >= 11 is 0. The number of hydrogen-bond acceptors (Lipinski definition) is 5. The van der Waals surface area contributed by atoms with Gasteiger partial charge in [0.25, 0.3) is 5.91 Å². The van der Waals surface area contributed by atoms with E-state index in [4.69, 9.17) is 4.74 Å². The van der Waals surface area contributed by atoms with Gasteiger partial charge >= 0.3 is 0 Å². The number of nitrogens with zero attached hydrogens (tertiary/aromatic N) is 4. The standard InChI is InChI=1S/C18H19N5O2/c1-3-15-14(12-22-23(15)16-6-4-5-8-19-16)18(24)21-11-13-7-9-20-17(10-13)25-2/h4-10,12H,3,11H2,1-2H3,(H,21,24). The van der Waals surface area contributed by atoms with Gasteiger partial charge in [-0.15, -0.1) is 0 Å². The van der Waals surface area contributed by atoms with E-state index in [1.807, 2.05) is 31.2 Å². The quantitative estimate of drug-likeness (QED) is 0.745. The third-order valence-electron chi connectivity index (χ3n) is 3.78. The minimum atomic E-state index is -0.171.